The molecule has 1 N–H and O–H groups in total. The molecule has 21 heavy (non-hydrogen) atoms. The second-order valence-corrected chi connectivity index (χ2v) is 5.66. The van der Waals surface area contributed by atoms with Crippen molar-refractivity contribution in [1.82, 2.24) is 4.98 Å². The Balaban J connectivity index is 1.83. The first-order valence-electron chi connectivity index (χ1n) is 6.96. The van der Waals surface area contributed by atoms with Gasteiger partial charge < -0.3 is 5.11 Å². The standard InChI is InChI=1S/C18H16ClNO/c1-12-11-15(19)8-5-13(12)6-9-16-10-7-14-3-2-4-17(21)18(14)20-16/h2-5,7-8,10-11,21H,6,9H2,1H3. The molecule has 0 radical (unpaired) electrons. The van der Waals surface area contributed by atoms with Gasteiger partial charge >= 0.3 is 0 Å². The average molecular weight is 298 g/mol. The molecule has 2 aromatic carbocycles. The molecular weight excluding hydrogens is 282 g/mol. The number of halogens is 1. The Morgan fingerprint density at radius 1 is 1.05 bits per heavy atom. The summed E-state index contributed by atoms with van der Waals surface area (Å²) in [4.78, 5) is 4.56. The predicted octanol–water partition coefficient (Wildman–Crippen LogP) is 4.69. The highest BCUT2D eigenvalue weighted by Gasteiger charge is 2.05. The van der Waals surface area contributed by atoms with E-state index < -0.39 is 0 Å². The van der Waals surface area contributed by atoms with Gasteiger partial charge in [-0.1, -0.05) is 35.9 Å². The van der Waals surface area contributed by atoms with Gasteiger partial charge in [0.05, 0.1) is 0 Å². The van der Waals surface area contributed by atoms with Crippen LogP contribution in [-0.4, -0.2) is 10.1 Å². The van der Waals surface area contributed by atoms with E-state index in [9.17, 15) is 5.11 Å². The molecule has 0 bridgehead atoms. The van der Waals surface area contributed by atoms with Crippen LogP contribution in [0.5, 0.6) is 5.75 Å². The molecule has 0 saturated heterocycles. The molecule has 1 aromatic heterocycles. The minimum absolute atomic E-state index is 0.233. The van der Waals surface area contributed by atoms with E-state index in [1.807, 2.05) is 36.4 Å². The molecule has 1 heterocycles. The second-order valence-electron chi connectivity index (χ2n) is 5.22. The number of rotatable bonds is 3. The number of phenols is 1. The summed E-state index contributed by atoms with van der Waals surface area (Å²) in [6.45, 7) is 2.07. The molecule has 3 rings (SSSR count). The Labute approximate surface area is 129 Å². The Hall–Kier alpha value is -2.06. The molecule has 3 heteroatoms. The summed E-state index contributed by atoms with van der Waals surface area (Å²) in [7, 11) is 0. The van der Waals surface area contributed by atoms with Crippen molar-refractivity contribution in [1.29, 1.82) is 0 Å². The van der Waals surface area contributed by atoms with Gasteiger partial charge in [0, 0.05) is 16.1 Å². The molecular formula is C18H16ClNO. The number of aromatic nitrogens is 1. The van der Waals surface area contributed by atoms with E-state index in [2.05, 4.69) is 18.0 Å². The number of hydrogen-bond donors (Lipinski definition) is 1. The summed E-state index contributed by atoms with van der Waals surface area (Å²) in [5.74, 6) is 0.233. The predicted molar refractivity (Wildman–Crippen MR) is 87.0 cm³/mol. The molecule has 0 amide bonds. The normalized spacial score (nSPS) is 11.0. The van der Waals surface area contributed by atoms with E-state index in [0.29, 0.717) is 5.52 Å². The summed E-state index contributed by atoms with van der Waals surface area (Å²) in [6.07, 6.45) is 1.75. The number of fused-ring (bicyclic) bond motifs is 1. The first-order valence-corrected chi connectivity index (χ1v) is 7.34. The number of para-hydroxylation sites is 1. The fraction of sp³-hybridized carbons (Fsp3) is 0.167. The van der Waals surface area contributed by atoms with Gasteiger partial charge in [0.2, 0.25) is 0 Å². The topological polar surface area (TPSA) is 33.1 Å². The van der Waals surface area contributed by atoms with Gasteiger partial charge in [-0.25, -0.2) is 4.98 Å². The maximum atomic E-state index is 9.88. The first-order chi connectivity index (χ1) is 10.1. The third-order valence-electron chi connectivity index (χ3n) is 3.71. The van der Waals surface area contributed by atoms with Crippen LogP contribution in [0.25, 0.3) is 10.9 Å². The van der Waals surface area contributed by atoms with Gasteiger partial charge in [-0.2, -0.15) is 0 Å². The summed E-state index contributed by atoms with van der Waals surface area (Å²) in [5, 5.41) is 11.6. The van der Waals surface area contributed by atoms with Gasteiger partial charge in [0.25, 0.3) is 0 Å². The Kier molecular flexibility index (Phi) is 3.80. The fourth-order valence-electron chi connectivity index (χ4n) is 2.51. The number of hydrogen-bond acceptors (Lipinski definition) is 2. The van der Waals surface area contributed by atoms with Crippen LogP contribution in [0.3, 0.4) is 0 Å². The largest absolute Gasteiger partial charge is 0.506 e. The lowest BCUT2D eigenvalue weighted by molar-refractivity contribution is 0.480. The van der Waals surface area contributed by atoms with Crippen molar-refractivity contribution in [3.8, 4) is 5.75 Å². The molecule has 3 aromatic rings. The van der Waals surface area contributed by atoms with Gasteiger partial charge in [0.1, 0.15) is 11.3 Å². The minimum Gasteiger partial charge on any atom is -0.506 e. The van der Waals surface area contributed by atoms with Crippen LogP contribution in [0.1, 0.15) is 16.8 Å². The van der Waals surface area contributed by atoms with Crippen LogP contribution in [0.2, 0.25) is 5.02 Å². The minimum atomic E-state index is 0.233. The molecule has 0 aliphatic rings. The zero-order valence-corrected chi connectivity index (χ0v) is 12.6. The van der Waals surface area contributed by atoms with Crippen molar-refractivity contribution in [2.24, 2.45) is 0 Å². The lowest BCUT2D eigenvalue weighted by Crippen LogP contribution is -1.97. The fourth-order valence-corrected chi connectivity index (χ4v) is 2.74. The molecule has 0 fully saturated rings. The zero-order chi connectivity index (χ0) is 14.8. The van der Waals surface area contributed by atoms with E-state index in [0.717, 1.165) is 28.9 Å². The summed E-state index contributed by atoms with van der Waals surface area (Å²) in [5.41, 5.74) is 4.13. The molecule has 0 saturated carbocycles. The van der Waals surface area contributed by atoms with E-state index in [-0.39, 0.29) is 5.75 Å². The number of aromatic hydroxyl groups is 1. The molecule has 0 atom stereocenters. The molecule has 2 nitrogen and oxygen atoms in total. The quantitative estimate of drug-likeness (QED) is 0.761. The summed E-state index contributed by atoms with van der Waals surface area (Å²) in [6, 6.07) is 15.4. The van der Waals surface area contributed by atoms with Gasteiger partial charge in [0.15, 0.2) is 0 Å². The maximum absolute atomic E-state index is 9.88. The van der Waals surface area contributed by atoms with E-state index in [1.165, 1.54) is 11.1 Å². The van der Waals surface area contributed by atoms with Crippen molar-refractivity contribution in [3.05, 3.63) is 70.4 Å². The van der Waals surface area contributed by atoms with E-state index >= 15 is 0 Å². The lowest BCUT2D eigenvalue weighted by Gasteiger charge is -2.07. The van der Waals surface area contributed by atoms with Crippen LogP contribution in [0.4, 0.5) is 0 Å². The van der Waals surface area contributed by atoms with Crippen molar-refractivity contribution in [2.45, 2.75) is 19.8 Å². The summed E-state index contributed by atoms with van der Waals surface area (Å²) >= 11 is 5.98. The third kappa shape index (κ3) is 3.01. The number of benzene rings is 2. The highest BCUT2D eigenvalue weighted by atomic mass is 35.5. The highest BCUT2D eigenvalue weighted by molar-refractivity contribution is 6.30. The molecule has 0 aliphatic heterocycles. The Bertz CT molecular complexity index is 798. The smallest absolute Gasteiger partial charge is 0.141 e. The zero-order valence-electron chi connectivity index (χ0n) is 11.8. The second kappa shape index (κ2) is 5.74. The SMILES string of the molecule is Cc1cc(Cl)ccc1CCc1ccc2cccc(O)c2n1. The van der Waals surface area contributed by atoms with Crippen LogP contribution in [-0.2, 0) is 12.8 Å². The molecule has 0 spiro atoms. The number of nitrogens with zero attached hydrogens (tertiary/aromatic N) is 1. The van der Waals surface area contributed by atoms with Gasteiger partial charge in [-0.05, 0) is 55.2 Å². The third-order valence-corrected chi connectivity index (χ3v) is 3.95. The van der Waals surface area contributed by atoms with Gasteiger partial charge in [-0.3, -0.25) is 0 Å². The van der Waals surface area contributed by atoms with Crippen LogP contribution >= 0.6 is 11.6 Å². The molecule has 0 aliphatic carbocycles. The Morgan fingerprint density at radius 3 is 2.71 bits per heavy atom. The van der Waals surface area contributed by atoms with Crippen molar-refractivity contribution in [3.63, 3.8) is 0 Å². The monoisotopic (exact) mass is 297 g/mol. The number of aryl methyl sites for hydroxylation is 3. The first kappa shape index (κ1) is 13.9. The van der Waals surface area contributed by atoms with Crippen molar-refractivity contribution >= 4 is 22.5 Å². The van der Waals surface area contributed by atoms with Crippen LogP contribution in [0, 0.1) is 6.92 Å². The lowest BCUT2D eigenvalue weighted by atomic mass is 10.0. The van der Waals surface area contributed by atoms with Gasteiger partial charge in [-0.15, -0.1) is 0 Å². The summed E-state index contributed by atoms with van der Waals surface area (Å²) < 4.78 is 0. The Morgan fingerprint density at radius 2 is 1.90 bits per heavy atom. The van der Waals surface area contributed by atoms with Crippen molar-refractivity contribution < 1.29 is 5.11 Å². The molecule has 106 valence electrons. The van der Waals surface area contributed by atoms with E-state index in [1.54, 1.807) is 6.07 Å². The average Bonchev–Trinajstić information content (AvgIpc) is 2.47. The molecule has 0 unspecified atom stereocenters. The van der Waals surface area contributed by atoms with Crippen LogP contribution in [0.15, 0.2) is 48.5 Å². The van der Waals surface area contributed by atoms with Crippen LogP contribution < -0.4 is 0 Å². The number of pyridine rings is 1. The highest BCUT2D eigenvalue weighted by Crippen LogP contribution is 2.23. The van der Waals surface area contributed by atoms with E-state index in [4.69, 9.17) is 11.6 Å². The van der Waals surface area contributed by atoms with Crippen molar-refractivity contribution in [2.75, 3.05) is 0 Å². The number of phenolic OH excluding ortho intramolecular Hbond substituents is 1. The maximum Gasteiger partial charge on any atom is 0.141 e.